The first-order chi connectivity index (χ1) is 10.7. The molecule has 3 rings (SSSR count). The van der Waals surface area contributed by atoms with E-state index in [-0.39, 0.29) is 12.3 Å². The summed E-state index contributed by atoms with van der Waals surface area (Å²) in [5.41, 5.74) is 1.02. The molecule has 0 spiro atoms. The molecule has 1 fully saturated rings. The van der Waals surface area contributed by atoms with Crippen LogP contribution >= 0.6 is 0 Å². The van der Waals surface area contributed by atoms with Crippen LogP contribution in [0.25, 0.3) is 0 Å². The molecular weight excluding hydrogens is 290 g/mol. The van der Waals surface area contributed by atoms with E-state index < -0.39 is 11.6 Å². The highest BCUT2D eigenvalue weighted by atomic mass is 19.1. The summed E-state index contributed by atoms with van der Waals surface area (Å²) in [4.78, 5) is 8.62. The van der Waals surface area contributed by atoms with Crippen LogP contribution in [0.4, 0.5) is 26.2 Å². The standard InChI is InChI=1S/C15H16F2N4O/c16-10-3-4-12(11(17)7-10)19-14-8-13(9-1-2-9)20-15(21-14)18-5-6-22/h3-4,7-9,22H,1-2,5-6H2,(H2,18,19,20,21). The Morgan fingerprint density at radius 1 is 1.18 bits per heavy atom. The molecule has 0 amide bonds. The van der Waals surface area contributed by atoms with Crippen molar-refractivity contribution in [1.82, 2.24) is 9.97 Å². The van der Waals surface area contributed by atoms with E-state index in [1.54, 1.807) is 6.07 Å². The fraction of sp³-hybridized carbons (Fsp3) is 0.333. The number of nitrogens with zero attached hydrogens (tertiary/aromatic N) is 2. The molecule has 0 unspecified atom stereocenters. The summed E-state index contributed by atoms with van der Waals surface area (Å²) in [5.74, 6) is -0.103. The molecule has 1 saturated carbocycles. The topological polar surface area (TPSA) is 70.1 Å². The van der Waals surface area contributed by atoms with Gasteiger partial charge >= 0.3 is 0 Å². The van der Waals surface area contributed by atoms with Crippen molar-refractivity contribution in [1.29, 1.82) is 0 Å². The molecule has 1 aromatic heterocycles. The molecule has 3 N–H and O–H groups in total. The van der Waals surface area contributed by atoms with Crippen molar-refractivity contribution in [3.63, 3.8) is 0 Å². The molecule has 1 aliphatic rings. The van der Waals surface area contributed by atoms with Gasteiger partial charge in [-0.25, -0.2) is 13.8 Å². The van der Waals surface area contributed by atoms with E-state index in [9.17, 15) is 8.78 Å². The van der Waals surface area contributed by atoms with E-state index in [0.717, 1.165) is 24.6 Å². The Labute approximate surface area is 126 Å². The third-order valence-corrected chi connectivity index (χ3v) is 3.33. The van der Waals surface area contributed by atoms with Crippen molar-refractivity contribution in [2.75, 3.05) is 23.8 Å². The maximum absolute atomic E-state index is 13.7. The average molecular weight is 306 g/mol. The van der Waals surface area contributed by atoms with Gasteiger partial charge in [-0.1, -0.05) is 0 Å². The van der Waals surface area contributed by atoms with Crippen LogP contribution in [0.1, 0.15) is 24.5 Å². The van der Waals surface area contributed by atoms with Crippen LogP contribution in [0, 0.1) is 11.6 Å². The SMILES string of the molecule is OCCNc1nc(Nc2ccc(F)cc2F)cc(C2CC2)n1. The van der Waals surface area contributed by atoms with Crippen molar-refractivity contribution in [3.05, 3.63) is 41.6 Å². The minimum atomic E-state index is -0.684. The first kappa shape index (κ1) is 14.6. The van der Waals surface area contributed by atoms with Gasteiger partial charge in [0.15, 0.2) is 0 Å². The van der Waals surface area contributed by atoms with Gasteiger partial charge in [0.05, 0.1) is 18.0 Å². The van der Waals surface area contributed by atoms with E-state index in [1.807, 2.05) is 0 Å². The molecule has 0 atom stereocenters. The summed E-state index contributed by atoms with van der Waals surface area (Å²) < 4.78 is 26.7. The van der Waals surface area contributed by atoms with Crippen molar-refractivity contribution in [2.45, 2.75) is 18.8 Å². The van der Waals surface area contributed by atoms with Crippen molar-refractivity contribution in [2.24, 2.45) is 0 Å². The van der Waals surface area contributed by atoms with Gasteiger partial charge in [-0.3, -0.25) is 0 Å². The molecule has 1 aromatic carbocycles. The monoisotopic (exact) mass is 306 g/mol. The van der Waals surface area contributed by atoms with Crippen LogP contribution in [0.5, 0.6) is 0 Å². The quantitative estimate of drug-likeness (QED) is 0.765. The fourth-order valence-electron chi connectivity index (χ4n) is 2.09. The van der Waals surface area contributed by atoms with Crippen LogP contribution in [-0.2, 0) is 0 Å². The maximum Gasteiger partial charge on any atom is 0.224 e. The van der Waals surface area contributed by atoms with E-state index in [4.69, 9.17) is 5.11 Å². The number of aliphatic hydroxyl groups is 1. The highest BCUT2D eigenvalue weighted by molar-refractivity contribution is 5.58. The normalized spacial score (nSPS) is 14.0. The summed E-state index contributed by atoms with van der Waals surface area (Å²) in [6.07, 6.45) is 2.14. The second-order valence-electron chi connectivity index (χ2n) is 5.18. The summed E-state index contributed by atoms with van der Waals surface area (Å²) in [6.45, 7) is 0.296. The first-order valence-corrected chi connectivity index (χ1v) is 7.11. The lowest BCUT2D eigenvalue weighted by molar-refractivity contribution is 0.311. The smallest absolute Gasteiger partial charge is 0.224 e. The van der Waals surface area contributed by atoms with E-state index in [0.29, 0.717) is 24.2 Å². The van der Waals surface area contributed by atoms with Crippen molar-refractivity contribution < 1.29 is 13.9 Å². The number of halogens is 2. The Bertz CT molecular complexity index is 677. The third kappa shape index (κ3) is 3.48. The van der Waals surface area contributed by atoms with Gasteiger partial charge in [0.2, 0.25) is 5.95 Å². The molecule has 1 aliphatic carbocycles. The number of benzene rings is 1. The Balaban J connectivity index is 1.86. The molecule has 0 bridgehead atoms. The number of aromatic nitrogens is 2. The van der Waals surface area contributed by atoms with Gasteiger partial charge in [-0.15, -0.1) is 0 Å². The molecule has 116 valence electrons. The van der Waals surface area contributed by atoms with Crippen molar-refractivity contribution >= 4 is 17.5 Å². The Morgan fingerprint density at radius 3 is 2.68 bits per heavy atom. The second kappa shape index (κ2) is 6.23. The van der Waals surface area contributed by atoms with Gasteiger partial charge in [0.25, 0.3) is 0 Å². The second-order valence-corrected chi connectivity index (χ2v) is 5.18. The van der Waals surface area contributed by atoms with Gasteiger partial charge in [-0.2, -0.15) is 4.98 Å². The van der Waals surface area contributed by atoms with Crippen LogP contribution < -0.4 is 10.6 Å². The zero-order valence-corrected chi connectivity index (χ0v) is 11.8. The number of aliphatic hydroxyl groups excluding tert-OH is 1. The number of anilines is 3. The van der Waals surface area contributed by atoms with E-state index >= 15 is 0 Å². The molecule has 2 aromatic rings. The lowest BCUT2D eigenvalue weighted by Gasteiger charge is -2.11. The molecule has 7 heteroatoms. The molecule has 0 aliphatic heterocycles. The van der Waals surface area contributed by atoms with Gasteiger partial charge in [-0.05, 0) is 25.0 Å². The molecule has 22 heavy (non-hydrogen) atoms. The van der Waals surface area contributed by atoms with Crippen LogP contribution in [-0.4, -0.2) is 28.2 Å². The van der Waals surface area contributed by atoms with E-state index in [1.165, 1.54) is 12.1 Å². The van der Waals surface area contributed by atoms with E-state index in [2.05, 4.69) is 20.6 Å². The minimum absolute atomic E-state index is 0.0353. The minimum Gasteiger partial charge on any atom is -0.395 e. The summed E-state index contributed by atoms with van der Waals surface area (Å²) in [7, 11) is 0. The fourth-order valence-corrected chi connectivity index (χ4v) is 2.09. The Hall–Kier alpha value is -2.28. The number of hydrogen-bond acceptors (Lipinski definition) is 5. The highest BCUT2D eigenvalue weighted by Crippen LogP contribution is 2.40. The average Bonchev–Trinajstić information content (AvgIpc) is 3.33. The Kier molecular flexibility index (Phi) is 4.15. The number of nitrogens with one attached hydrogen (secondary N) is 2. The number of rotatable bonds is 6. The molecular formula is C15H16F2N4O. The molecule has 0 saturated heterocycles. The summed E-state index contributed by atoms with van der Waals surface area (Å²) >= 11 is 0. The third-order valence-electron chi connectivity index (χ3n) is 3.33. The lowest BCUT2D eigenvalue weighted by atomic mass is 10.2. The van der Waals surface area contributed by atoms with Crippen molar-refractivity contribution in [3.8, 4) is 0 Å². The van der Waals surface area contributed by atoms with Crippen LogP contribution in [0.3, 0.4) is 0 Å². The first-order valence-electron chi connectivity index (χ1n) is 7.11. The summed E-state index contributed by atoms with van der Waals surface area (Å²) in [6, 6.07) is 5.09. The molecule has 1 heterocycles. The summed E-state index contributed by atoms with van der Waals surface area (Å²) in [5, 5.41) is 14.6. The maximum atomic E-state index is 13.7. The molecule has 0 radical (unpaired) electrons. The molecule has 5 nitrogen and oxygen atoms in total. The predicted octanol–water partition coefficient (Wildman–Crippen LogP) is 2.78. The zero-order chi connectivity index (χ0) is 15.5. The number of hydrogen-bond donors (Lipinski definition) is 3. The lowest BCUT2D eigenvalue weighted by Crippen LogP contribution is -2.11. The van der Waals surface area contributed by atoms with Gasteiger partial charge in [0.1, 0.15) is 17.5 Å². The predicted molar refractivity (Wildman–Crippen MR) is 79.2 cm³/mol. The largest absolute Gasteiger partial charge is 0.395 e. The highest BCUT2D eigenvalue weighted by Gasteiger charge is 2.26. The zero-order valence-electron chi connectivity index (χ0n) is 11.8. The van der Waals surface area contributed by atoms with Gasteiger partial charge < -0.3 is 15.7 Å². The van der Waals surface area contributed by atoms with Gasteiger partial charge in [0, 0.05) is 24.6 Å². The Morgan fingerprint density at radius 2 is 2.00 bits per heavy atom. The van der Waals surface area contributed by atoms with Crippen LogP contribution in [0.15, 0.2) is 24.3 Å². The van der Waals surface area contributed by atoms with Crippen LogP contribution in [0.2, 0.25) is 0 Å².